The molecule has 1 heterocycles. The minimum Gasteiger partial charge on any atom is -0.468 e. The van der Waals surface area contributed by atoms with Gasteiger partial charge in [0.1, 0.15) is 5.69 Å². The third kappa shape index (κ3) is 4.12. The van der Waals surface area contributed by atoms with Crippen LogP contribution in [0, 0.1) is 0 Å². The highest BCUT2D eigenvalue weighted by molar-refractivity contribution is 5.92. The summed E-state index contributed by atoms with van der Waals surface area (Å²) in [5, 5.41) is 2.56. The topological polar surface area (TPSA) is 84.1 Å². The second kappa shape index (κ2) is 6.73. The van der Waals surface area contributed by atoms with Crippen molar-refractivity contribution in [3.05, 3.63) is 57.5 Å². The smallest absolute Gasteiger partial charge is 0.416 e. The summed E-state index contributed by atoms with van der Waals surface area (Å²) in [5.74, 6) is -0.646. The average Bonchev–Trinajstić information content (AvgIpc) is 2.53. The van der Waals surface area contributed by atoms with Crippen LogP contribution in [0.3, 0.4) is 0 Å². The fourth-order valence-electron chi connectivity index (χ4n) is 1.96. The van der Waals surface area contributed by atoms with Gasteiger partial charge in [0.2, 0.25) is 0 Å². The molecule has 0 radical (unpaired) electrons. The zero-order chi connectivity index (χ0) is 17.9. The number of rotatable bonds is 4. The van der Waals surface area contributed by atoms with E-state index >= 15 is 0 Å². The quantitative estimate of drug-likeness (QED) is 0.894. The summed E-state index contributed by atoms with van der Waals surface area (Å²) in [4.78, 5) is 29.6. The van der Waals surface area contributed by atoms with Crippen LogP contribution in [0.2, 0.25) is 0 Å². The van der Waals surface area contributed by atoms with E-state index in [9.17, 15) is 22.8 Å². The molecular weight excluding hydrogens is 327 g/mol. The Balaban J connectivity index is 2.14. The zero-order valence-electron chi connectivity index (χ0n) is 12.8. The highest BCUT2D eigenvalue weighted by Crippen LogP contribution is 2.29. The molecule has 0 spiro atoms. The first kappa shape index (κ1) is 17.5. The Morgan fingerprint density at radius 3 is 2.46 bits per heavy atom. The van der Waals surface area contributed by atoms with Crippen LogP contribution in [-0.2, 0) is 6.18 Å². The van der Waals surface area contributed by atoms with E-state index in [-0.39, 0.29) is 11.7 Å². The minimum absolute atomic E-state index is 0.116. The van der Waals surface area contributed by atoms with Crippen molar-refractivity contribution in [2.75, 3.05) is 7.11 Å². The van der Waals surface area contributed by atoms with Crippen LogP contribution in [0.1, 0.15) is 34.6 Å². The van der Waals surface area contributed by atoms with Gasteiger partial charge in [-0.3, -0.25) is 14.6 Å². The van der Waals surface area contributed by atoms with Crippen molar-refractivity contribution in [3.8, 4) is 6.01 Å². The molecule has 0 fully saturated rings. The standard InChI is InChI=1S/C15H14F3N3O3/c1-8(9-3-5-10(6-4-9)15(16,17)18)19-13(23)11-7-12(22)21-14(20-11)24-2/h3-8H,1-2H3,(H,19,23)(H,20,21,22). The number of halogens is 3. The van der Waals surface area contributed by atoms with Gasteiger partial charge in [-0.05, 0) is 24.6 Å². The maximum absolute atomic E-state index is 12.5. The number of nitrogens with zero attached hydrogens (tertiary/aromatic N) is 1. The summed E-state index contributed by atoms with van der Waals surface area (Å²) in [6.07, 6.45) is -4.42. The number of amides is 1. The van der Waals surface area contributed by atoms with Gasteiger partial charge in [-0.25, -0.2) is 0 Å². The molecule has 0 saturated heterocycles. The molecule has 1 unspecified atom stereocenters. The van der Waals surface area contributed by atoms with Gasteiger partial charge in [0, 0.05) is 6.07 Å². The molecule has 0 aliphatic heterocycles. The average molecular weight is 341 g/mol. The maximum Gasteiger partial charge on any atom is 0.416 e. The Labute approximate surface area is 134 Å². The van der Waals surface area contributed by atoms with E-state index in [1.807, 2.05) is 0 Å². The number of H-pyrrole nitrogens is 1. The highest BCUT2D eigenvalue weighted by Gasteiger charge is 2.30. The number of ether oxygens (including phenoxy) is 1. The van der Waals surface area contributed by atoms with E-state index in [4.69, 9.17) is 4.74 Å². The number of hydrogen-bond acceptors (Lipinski definition) is 4. The first-order chi connectivity index (χ1) is 11.2. The number of aromatic amines is 1. The van der Waals surface area contributed by atoms with E-state index in [0.717, 1.165) is 18.2 Å². The second-order valence-electron chi connectivity index (χ2n) is 4.95. The lowest BCUT2D eigenvalue weighted by molar-refractivity contribution is -0.137. The third-order valence-corrected chi connectivity index (χ3v) is 3.23. The van der Waals surface area contributed by atoms with Crippen molar-refractivity contribution in [2.24, 2.45) is 0 Å². The molecule has 6 nitrogen and oxygen atoms in total. The van der Waals surface area contributed by atoms with Crippen LogP contribution in [0.4, 0.5) is 13.2 Å². The van der Waals surface area contributed by atoms with Gasteiger partial charge >= 0.3 is 6.18 Å². The number of carbonyl (C=O) groups is 1. The van der Waals surface area contributed by atoms with Crippen LogP contribution in [0.5, 0.6) is 6.01 Å². The van der Waals surface area contributed by atoms with Gasteiger partial charge in [-0.15, -0.1) is 0 Å². The summed E-state index contributed by atoms with van der Waals surface area (Å²) < 4.78 is 42.4. The summed E-state index contributed by atoms with van der Waals surface area (Å²) in [6, 6.07) is 4.73. The zero-order valence-corrected chi connectivity index (χ0v) is 12.8. The predicted octanol–water partition coefficient (Wildman–Crippen LogP) is 2.29. The molecule has 1 aromatic carbocycles. The van der Waals surface area contributed by atoms with E-state index in [1.54, 1.807) is 6.92 Å². The minimum atomic E-state index is -4.42. The Hall–Kier alpha value is -2.84. The molecule has 0 saturated carbocycles. The maximum atomic E-state index is 12.5. The van der Waals surface area contributed by atoms with Crippen molar-refractivity contribution in [1.29, 1.82) is 0 Å². The molecule has 1 aromatic heterocycles. The second-order valence-corrected chi connectivity index (χ2v) is 4.95. The molecule has 24 heavy (non-hydrogen) atoms. The van der Waals surface area contributed by atoms with Crippen molar-refractivity contribution in [1.82, 2.24) is 15.3 Å². The molecule has 0 aliphatic carbocycles. The monoisotopic (exact) mass is 341 g/mol. The fourth-order valence-corrected chi connectivity index (χ4v) is 1.96. The van der Waals surface area contributed by atoms with Gasteiger partial charge in [-0.2, -0.15) is 18.2 Å². The molecule has 0 aliphatic rings. The molecule has 2 rings (SSSR count). The number of carbonyl (C=O) groups excluding carboxylic acids is 1. The molecule has 2 aromatic rings. The lowest BCUT2D eigenvalue weighted by atomic mass is 10.1. The lowest BCUT2D eigenvalue weighted by Crippen LogP contribution is -2.29. The van der Waals surface area contributed by atoms with Crippen molar-refractivity contribution < 1.29 is 22.7 Å². The van der Waals surface area contributed by atoms with Gasteiger partial charge in [-0.1, -0.05) is 12.1 Å². The molecule has 9 heteroatoms. The Bertz CT molecular complexity index is 785. The highest BCUT2D eigenvalue weighted by atomic mass is 19.4. The molecule has 2 N–H and O–H groups in total. The fraction of sp³-hybridized carbons (Fsp3) is 0.267. The number of hydrogen-bond donors (Lipinski definition) is 2. The lowest BCUT2D eigenvalue weighted by Gasteiger charge is -2.15. The number of alkyl halides is 3. The SMILES string of the molecule is COc1nc(C(=O)NC(C)c2ccc(C(F)(F)F)cc2)cc(=O)[nH]1. The van der Waals surface area contributed by atoms with E-state index in [2.05, 4.69) is 15.3 Å². The first-order valence-electron chi connectivity index (χ1n) is 6.84. The number of aromatic nitrogens is 2. The first-order valence-corrected chi connectivity index (χ1v) is 6.84. The summed E-state index contributed by atoms with van der Waals surface area (Å²) in [5.41, 5.74) is -1.01. The third-order valence-electron chi connectivity index (χ3n) is 3.23. The largest absolute Gasteiger partial charge is 0.468 e. The number of methoxy groups -OCH3 is 1. The molecule has 128 valence electrons. The summed E-state index contributed by atoms with van der Waals surface area (Å²) >= 11 is 0. The summed E-state index contributed by atoms with van der Waals surface area (Å²) in [7, 11) is 1.28. The molecule has 1 atom stereocenters. The predicted molar refractivity (Wildman–Crippen MR) is 78.7 cm³/mol. The van der Waals surface area contributed by atoms with Crippen molar-refractivity contribution >= 4 is 5.91 Å². The molecule has 0 bridgehead atoms. The van der Waals surface area contributed by atoms with Crippen LogP contribution >= 0.6 is 0 Å². The van der Waals surface area contributed by atoms with Crippen LogP contribution in [0.15, 0.2) is 35.1 Å². The van der Waals surface area contributed by atoms with Gasteiger partial charge < -0.3 is 10.1 Å². The van der Waals surface area contributed by atoms with Crippen LogP contribution in [0.25, 0.3) is 0 Å². The van der Waals surface area contributed by atoms with E-state index < -0.39 is 29.2 Å². The molecular formula is C15H14F3N3O3. The Kier molecular flexibility index (Phi) is 4.91. The van der Waals surface area contributed by atoms with Gasteiger partial charge in [0.15, 0.2) is 0 Å². The van der Waals surface area contributed by atoms with Crippen LogP contribution < -0.4 is 15.6 Å². The van der Waals surface area contributed by atoms with E-state index in [0.29, 0.717) is 5.56 Å². The van der Waals surface area contributed by atoms with E-state index in [1.165, 1.54) is 19.2 Å². The Morgan fingerprint density at radius 2 is 1.92 bits per heavy atom. The number of benzene rings is 1. The van der Waals surface area contributed by atoms with Crippen molar-refractivity contribution in [2.45, 2.75) is 19.1 Å². The Morgan fingerprint density at radius 1 is 1.29 bits per heavy atom. The number of nitrogens with one attached hydrogen (secondary N) is 2. The summed E-state index contributed by atoms with van der Waals surface area (Å²) in [6.45, 7) is 1.60. The van der Waals surface area contributed by atoms with Crippen molar-refractivity contribution in [3.63, 3.8) is 0 Å². The van der Waals surface area contributed by atoms with Gasteiger partial charge in [0.05, 0.1) is 18.7 Å². The normalized spacial score (nSPS) is 12.5. The van der Waals surface area contributed by atoms with Crippen LogP contribution in [-0.4, -0.2) is 23.0 Å². The van der Waals surface area contributed by atoms with Gasteiger partial charge in [0.25, 0.3) is 17.5 Å². The molecule has 1 amide bonds.